The zero-order valence-corrected chi connectivity index (χ0v) is 24.2. The van der Waals surface area contributed by atoms with Crippen molar-refractivity contribution in [2.45, 2.75) is 58.5 Å². The van der Waals surface area contributed by atoms with Gasteiger partial charge in [-0.25, -0.2) is 9.59 Å². The maximum absolute atomic E-state index is 12.9. The van der Waals surface area contributed by atoms with Crippen molar-refractivity contribution >= 4 is 42.9 Å². The van der Waals surface area contributed by atoms with Crippen LogP contribution in [0.4, 0.5) is 52.7 Å². The number of benzene rings is 2. The van der Waals surface area contributed by atoms with Gasteiger partial charge in [-0.1, -0.05) is 6.07 Å². The highest BCUT2D eigenvalue weighted by Gasteiger charge is 2.71. The molecule has 0 aliphatic heterocycles. The molecule has 48 heavy (non-hydrogen) atoms. The van der Waals surface area contributed by atoms with Crippen molar-refractivity contribution in [2.75, 3.05) is 13.2 Å². The number of halogens is 12. The predicted molar refractivity (Wildman–Crippen MR) is 127 cm³/mol. The quantitative estimate of drug-likeness (QED) is 0.153. The summed E-state index contributed by atoms with van der Waals surface area (Å²) in [5.41, 5.74) is -13.7. The van der Waals surface area contributed by atoms with E-state index in [1.54, 1.807) is 0 Å². The van der Waals surface area contributed by atoms with Crippen LogP contribution in [-0.2, 0) is 29.7 Å². The maximum Gasteiger partial charge on any atom is 0.426 e. The van der Waals surface area contributed by atoms with Crippen molar-refractivity contribution in [3.63, 3.8) is 0 Å². The summed E-state index contributed by atoms with van der Waals surface area (Å²) in [6, 6.07) is 0.987. The molecule has 0 aromatic heterocycles. The maximum atomic E-state index is 12.9. The van der Waals surface area contributed by atoms with Crippen molar-refractivity contribution < 1.29 is 108 Å². The number of hydrogen-bond donors (Lipinski definition) is 4. The van der Waals surface area contributed by atoms with Crippen LogP contribution in [0.5, 0.6) is 0 Å². The highest BCUT2D eigenvalue weighted by atomic mass is 32.2. The summed E-state index contributed by atoms with van der Waals surface area (Å²) in [6.07, 6.45) is -30.3. The third-order valence-electron chi connectivity index (χ3n) is 6.31. The van der Waals surface area contributed by atoms with Crippen molar-refractivity contribution in [2.24, 2.45) is 0 Å². The van der Waals surface area contributed by atoms with E-state index >= 15 is 0 Å². The number of carbonyl (C=O) groups is 2. The van der Waals surface area contributed by atoms with Crippen LogP contribution in [0.3, 0.4) is 0 Å². The first-order chi connectivity index (χ1) is 21.2. The van der Waals surface area contributed by atoms with Gasteiger partial charge in [0.25, 0.3) is 31.4 Å². The molecule has 0 atom stereocenters. The van der Waals surface area contributed by atoms with E-state index in [-0.39, 0.29) is 18.2 Å². The van der Waals surface area contributed by atoms with Gasteiger partial charge in [0.2, 0.25) is 0 Å². The van der Waals surface area contributed by atoms with Gasteiger partial charge in [0.05, 0.1) is 24.3 Å². The Bertz CT molecular complexity index is 1770. The minimum atomic E-state index is -6.38. The van der Waals surface area contributed by atoms with E-state index in [1.807, 2.05) is 0 Å². The van der Waals surface area contributed by atoms with Gasteiger partial charge in [-0.3, -0.25) is 9.11 Å². The van der Waals surface area contributed by atoms with Gasteiger partial charge in [-0.2, -0.15) is 69.5 Å². The fourth-order valence-electron chi connectivity index (χ4n) is 3.78. The second-order valence-electron chi connectivity index (χ2n) is 9.45. The molecule has 0 radical (unpaired) electrons. The first-order valence-corrected chi connectivity index (χ1v) is 14.7. The van der Waals surface area contributed by atoms with E-state index in [0.29, 0.717) is 6.07 Å². The number of esters is 2. The largest absolute Gasteiger partial charge is 0.462 e. The summed E-state index contributed by atoms with van der Waals surface area (Å²) < 4.78 is 231. The number of alkyl halides is 12. The number of carbonyl (C=O) groups excluding carboxylic acids is 2. The molecule has 0 unspecified atom stereocenters. The molecule has 12 nitrogen and oxygen atoms in total. The Morgan fingerprint density at radius 3 is 1.35 bits per heavy atom. The Morgan fingerprint density at radius 1 is 0.604 bits per heavy atom. The molecule has 26 heteroatoms. The number of rotatable bonds is 10. The predicted octanol–water partition coefficient (Wildman–Crippen LogP) is 4.14. The second kappa shape index (κ2) is 12.8. The van der Waals surface area contributed by atoms with Crippen molar-refractivity contribution in [3.8, 4) is 0 Å². The fraction of sp³-hybridized carbons (Fsp3) is 0.455. The lowest BCUT2D eigenvalue weighted by Gasteiger charge is -2.32. The first-order valence-electron chi connectivity index (χ1n) is 11.8. The lowest BCUT2D eigenvalue weighted by molar-refractivity contribution is -0.371. The first kappa shape index (κ1) is 40.7. The van der Waals surface area contributed by atoms with E-state index in [4.69, 9.17) is 10.2 Å². The third-order valence-corrected chi connectivity index (χ3v) is 8.16. The number of fused-ring (bicyclic) bond motifs is 1. The van der Waals surface area contributed by atoms with E-state index in [2.05, 4.69) is 9.47 Å². The Labute approximate surface area is 258 Å². The Hall–Kier alpha value is -3.46. The molecule has 0 spiro atoms. The van der Waals surface area contributed by atoms with Crippen LogP contribution < -0.4 is 0 Å². The molecule has 4 N–H and O–H groups in total. The van der Waals surface area contributed by atoms with E-state index in [9.17, 15) is 88.2 Å². The molecule has 0 saturated heterocycles. The minimum Gasteiger partial charge on any atom is -0.462 e. The van der Waals surface area contributed by atoms with Crippen LogP contribution in [0.25, 0.3) is 10.8 Å². The Morgan fingerprint density at radius 2 is 1.00 bits per heavy atom. The van der Waals surface area contributed by atoms with Gasteiger partial charge < -0.3 is 19.7 Å². The normalized spacial score (nSPS) is 14.2. The number of aliphatic hydroxyl groups is 2. The van der Waals surface area contributed by atoms with Gasteiger partial charge >= 0.3 is 36.6 Å². The van der Waals surface area contributed by atoms with Crippen LogP contribution in [0.2, 0.25) is 0 Å². The zero-order chi connectivity index (χ0) is 37.7. The second-order valence-corrected chi connectivity index (χ2v) is 12.2. The van der Waals surface area contributed by atoms with Crippen LogP contribution in [-0.4, -0.2) is 97.2 Å². The highest BCUT2D eigenvalue weighted by Crippen LogP contribution is 2.46. The Kier molecular flexibility index (Phi) is 10.8. The smallest absolute Gasteiger partial charge is 0.426 e. The molecular formula is C22H16F12O12S2. The van der Waals surface area contributed by atoms with Gasteiger partial charge in [0.1, 0.15) is 9.79 Å². The van der Waals surface area contributed by atoms with Crippen LogP contribution in [0.1, 0.15) is 33.6 Å². The fourth-order valence-corrected chi connectivity index (χ4v) is 5.38. The Balaban J connectivity index is 2.64. The molecule has 0 aliphatic carbocycles. The average Bonchev–Trinajstić information content (AvgIpc) is 2.87. The molecule has 0 bridgehead atoms. The molecular weight excluding hydrogens is 748 g/mol. The lowest BCUT2D eigenvalue weighted by Crippen LogP contribution is -2.57. The molecule has 2 aromatic rings. The number of hydrogen-bond acceptors (Lipinski definition) is 10. The standard InChI is InChI=1S/C22H16F12O12S2/c23-19(24,25)17(37,20(26,27)28)3-5-45-15(35)9-7-12-10(13(8-9)47(39,40)41)1-2-11(14(12)48(42,43)44)16(36)46-6-4-18(38,21(29,30)31)22(32,33)34/h1-2,7-8,37-38H,3-6H2,(H,39,40,41)(H,42,43,44). The molecule has 0 fully saturated rings. The lowest BCUT2D eigenvalue weighted by atomic mass is 9.99. The van der Waals surface area contributed by atoms with Gasteiger partial charge in [-0.05, 0) is 18.2 Å². The SMILES string of the molecule is O=C(OCCC(O)(C(F)(F)F)C(F)(F)F)c1cc(S(=O)(=O)O)c2ccc(C(=O)OCCC(O)(C(F)(F)F)C(F)(F)F)c(S(=O)(=O)O)c2c1. The molecule has 0 heterocycles. The summed E-state index contributed by atoms with van der Waals surface area (Å²) in [4.78, 5) is 21.7. The third kappa shape index (κ3) is 8.04. The molecule has 2 aromatic carbocycles. The van der Waals surface area contributed by atoms with Crippen LogP contribution >= 0.6 is 0 Å². The van der Waals surface area contributed by atoms with Crippen LogP contribution in [0, 0.1) is 0 Å². The van der Waals surface area contributed by atoms with Gasteiger partial charge in [0, 0.05) is 23.6 Å². The average molecular weight is 764 g/mol. The number of ether oxygens (including phenoxy) is 2. The highest BCUT2D eigenvalue weighted by molar-refractivity contribution is 7.86. The minimum absolute atomic E-state index is 0.126. The van der Waals surface area contributed by atoms with Crippen LogP contribution in [0.15, 0.2) is 34.1 Å². The van der Waals surface area contributed by atoms with E-state index in [1.165, 1.54) is 0 Å². The summed E-state index contributed by atoms with van der Waals surface area (Å²) in [5, 5.41) is 16.0. The van der Waals surface area contributed by atoms with Gasteiger partial charge in [0.15, 0.2) is 0 Å². The molecule has 0 aliphatic rings. The summed E-state index contributed by atoms with van der Waals surface area (Å²) >= 11 is 0. The topological polar surface area (TPSA) is 202 Å². The molecule has 272 valence electrons. The summed E-state index contributed by atoms with van der Waals surface area (Å²) in [7, 11) is -11.5. The van der Waals surface area contributed by atoms with E-state index < -0.39 is 126 Å². The molecule has 0 amide bonds. The summed E-state index contributed by atoms with van der Waals surface area (Å²) in [6.45, 7) is -3.85. The van der Waals surface area contributed by atoms with Crippen molar-refractivity contribution in [3.05, 3.63) is 35.4 Å². The molecule has 0 saturated carbocycles. The van der Waals surface area contributed by atoms with Crippen molar-refractivity contribution in [1.29, 1.82) is 0 Å². The van der Waals surface area contributed by atoms with E-state index in [0.717, 1.165) is 0 Å². The van der Waals surface area contributed by atoms with Gasteiger partial charge in [-0.15, -0.1) is 0 Å². The van der Waals surface area contributed by atoms with Crippen molar-refractivity contribution in [1.82, 2.24) is 0 Å². The monoisotopic (exact) mass is 764 g/mol. The zero-order valence-electron chi connectivity index (χ0n) is 22.5. The molecule has 2 rings (SSSR count). The summed E-state index contributed by atoms with van der Waals surface area (Å²) in [5.74, 6) is -4.22.